The molecule has 0 saturated heterocycles. The van der Waals surface area contributed by atoms with Crippen LogP contribution in [0.2, 0.25) is 0 Å². The van der Waals surface area contributed by atoms with Gasteiger partial charge in [-0.25, -0.2) is 14.6 Å². The van der Waals surface area contributed by atoms with E-state index >= 15 is 0 Å². The number of nitrogens with one attached hydrogen (secondary N) is 2. The van der Waals surface area contributed by atoms with Crippen molar-refractivity contribution in [1.82, 2.24) is 15.8 Å². The van der Waals surface area contributed by atoms with Gasteiger partial charge in [-0.15, -0.1) is 0 Å². The van der Waals surface area contributed by atoms with Crippen LogP contribution in [0.5, 0.6) is 0 Å². The Morgan fingerprint density at radius 2 is 1.76 bits per heavy atom. The maximum absolute atomic E-state index is 13.2. The lowest BCUT2D eigenvalue weighted by atomic mass is 10.0. The summed E-state index contributed by atoms with van der Waals surface area (Å²) in [7, 11) is 1.23. The molecule has 2 unspecified atom stereocenters. The topological polar surface area (TPSA) is 114 Å². The molecule has 0 bridgehead atoms. The molecule has 0 aliphatic heterocycles. The number of amides is 3. The van der Waals surface area contributed by atoms with Crippen molar-refractivity contribution in [2.24, 2.45) is 0 Å². The Balaban J connectivity index is 3.18. The molecule has 2 N–H and O–H groups in total. The van der Waals surface area contributed by atoms with Crippen LogP contribution >= 0.6 is 11.8 Å². The number of methoxy groups -OCH3 is 1. The molecule has 10 heteroatoms. The van der Waals surface area contributed by atoms with Gasteiger partial charge in [0.2, 0.25) is 5.91 Å². The van der Waals surface area contributed by atoms with E-state index in [1.54, 1.807) is 20.8 Å². The van der Waals surface area contributed by atoms with Crippen LogP contribution < -0.4 is 10.7 Å². The first kappa shape index (κ1) is 29.3. The van der Waals surface area contributed by atoms with Crippen molar-refractivity contribution in [2.45, 2.75) is 71.1 Å². The molecule has 0 spiro atoms. The fourth-order valence-corrected chi connectivity index (χ4v) is 3.52. The second kappa shape index (κ2) is 14.5. The van der Waals surface area contributed by atoms with E-state index in [2.05, 4.69) is 10.7 Å². The summed E-state index contributed by atoms with van der Waals surface area (Å²) in [5, 5.41) is 3.61. The van der Waals surface area contributed by atoms with E-state index in [0.717, 1.165) is 10.6 Å². The number of hydrogen-bond acceptors (Lipinski definition) is 7. The first-order valence-corrected chi connectivity index (χ1v) is 12.6. The molecule has 0 saturated carbocycles. The molecule has 9 nitrogen and oxygen atoms in total. The molecular formula is C24H37N3O6S. The van der Waals surface area contributed by atoms with Gasteiger partial charge in [-0.3, -0.25) is 15.0 Å². The summed E-state index contributed by atoms with van der Waals surface area (Å²) >= 11 is 1.51. The summed E-state index contributed by atoms with van der Waals surface area (Å²) in [6.45, 7) is 6.99. The predicted molar refractivity (Wildman–Crippen MR) is 132 cm³/mol. The maximum atomic E-state index is 13.2. The van der Waals surface area contributed by atoms with Gasteiger partial charge in [0, 0.05) is 12.8 Å². The van der Waals surface area contributed by atoms with Crippen LogP contribution in [0.15, 0.2) is 30.3 Å². The summed E-state index contributed by atoms with van der Waals surface area (Å²) < 4.78 is 10.2. The lowest BCUT2D eigenvalue weighted by Crippen LogP contribution is -2.60. The van der Waals surface area contributed by atoms with Gasteiger partial charge in [-0.1, -0.05) is 37.3 Å². The zero-order chi connectivity index (χ0) is 25.7. The summed E-state index contributed by atoms with van der Waals surface area (Å²) in [6.07, 6.45) is 2.25. The molecule has 3 amide bonds. The van der Waals surface area contributed by atoms with Gasteiger partial charge < -0.3 is 14.8 Å². The molecule has 0 aliphatic carbocycles. The first-order chi connectivity index (χ1) is 16.0. The number of carbonyl (C=O) groups is 4. The lowest BCUT2D eigenvalue weighted by Gasteiger charge is -2.32. The third kappa shape index (κ3) is 10.5. The number of carbonyl (C=O) groups excluding carboxylic acids is 4. The summed E-state index contributed by atoms with van der Waals surface area (Å²) in [6, 6.07) is 7.11. The number of alkyl carbamates (subject to hydrolysis) is 1. The van der Waals surface area contributed by atoms with Crippen LogP contribution in [0.25, 0.3) is 0 Å². The SMILES string of the molecule is CCCC(=O)N(NC(=O)C(CCSC)NC(=O)OC(C)(C)C)C(Cc1ccccc1)C(=O)OC. The molecule has 0 heterocycles. The van der Waals surface area contributed by atoms with Crippen LogP contribution in [0.3, 0.4) is 0 Å². The maximum Gasteiger partial charge on any atom is 0.408 e. The monoisotopic (exact) mass is 495 g/mol. The highest BCUT2D eigenvalue weighted by molar-refractivity contribution is 7.98. The van der Waals surface area contributed by atoms with Crippen LogP contribution in [-0.4, -0.2) is 65.7 Å². The molecular weight excluding hydrogens is 458 g/mol. The number of esters is 1. The van der Waals surface area contributed by atoms with Crippen molar-refractivity contribution in [3.8, 4) is 0 Å². The van der Waals surface area contributed by atoms with E-state index < -0.39 is 41.6 Å². The fourth-order valence-electron chi connectivity index (χ4n) is 3.05. The van der Waals surface area contributed by atoms with E-state index in [1.807, 2.05) is 43.5 Å². The third-order valence-corrected chi connectivity index (χ3v) is 5.28. The lowest BCUT2D eigenvalue weighted by molar-refractivity contribution is -0.158. The zero-order valence-corrected chi connectivity index (χ0v) is 21.7. The van der Waals surface area contributed by atoms with Crippen molar-refractivity contribution in [3.63, 3.8) is 0 Å². The van der Waals surface area contributed by atoms with E-state index in [0.29, 0.717) is 18.6 Å². The first-order valence-electron chi connectivity index (χ1n) is 11.2. The fraction of sp³-hybridized carbons (Fsp3) is 0.583. The van der Waals surface area contributed by atoms with Gasteiger partial charge in [0.15, 0.2) is 6.04 Å². The van der Waals surface area contributed by atoms with Crippen molar-refractivity contribution in [1.29, 1.82) is 0 Å². The average molecular weight is 496 g/mol. The largest absolute Gasteiger partial charge is 0.467 e. The molecule has 0 aromatic heterocycles. The second-order valence-electron chi connectivity index (χ2n) is 8.70. The molecule has 0 fully saturated rings. The summed E-state index contributed by atoms with van der Waals surface area (Å²) in [4.78, 5) is 51.1. The summed E-state index contributed by atoms with van der Waals surface area (Å²) in [5.41, 5.74) is 2.64. The Morgan fingerprint density at radius 3 is 2.29 bits per heavy atom. The smallest absolute Gasteiger partial charge is 0.408 e. The van der Waals surface area contributed by atoms with E-state index in [4.69, 9.17) is 9.47 Å². The van der Waals surface area contributed by atoms with Crippen LogP contribution in [0.1, 0.15) is 52.5 Å². The standard InChI is InChI=1S/C24H37N3O6S/c1-7-11-20(28)27(19(22(30)32-5)16-17-12-9-8-10-13-17)26-21(29)18(14-15-34-6)25-23(31)33-24(2,3)4/h8-10,12-13,18-19H,7,11,14-16H2,1-6H3,(H,25,31)(H,26,29). The Labute approximate surface area is 206 Å². The quantitative estimate of drug-likeness (QED) is 0.358. The number of hydrazine groups is 1. The van der Waals surface area contributed by atoms with E-state index in [-0.39, 0.29) is 12.8 Å². The molecule has 34 heavy (non-hydrogen) atoms. The normalized spacial score (nSPS) is 12.8. The van der Waals surface area contributed by atoms with Crippen molar-refractivity contribution in [3.05, 3.63) is 35.9 Å². The summed E-state index contributed by atoms with van der Waals surface area (Å²) in [5.74, 6) is -1.12. The van der Waals surface area contributed by atoms with Gasteiger partial charge in [-0.05, 0) is 51.2 Å². The highest BCUT2D eigenvalue weighted by Gasteiger charge is 2.34. The number of ether oxygens (including phenoxy) is 2. The third-order valence-electron chi connectivity index (χ3n) is 4.64. The minimum Gasteiger partial charge on any atom is -0.467 e. The molecule has 0 aliphatic rings. The predicted octanol–water partition coefficient (Wildman–Crippen LogP) is 3.08. The van der Waals surface area contributed by atoms with Crippen LogP contribution in [0.4, 0.5) is 4.79 Å². The molecule has 0 radical (unpaired) electrons. The Kier molecular flexibility index (Phi) is 12.5. The van der Waals surface area contributed by atoms with E-state index in [1.165, 1.54) is 18.9 Å². The molecule has 2 atom stereocenters. The number of benzene rings is 1. The van der Waals surface area contributed by atoms with Gasteiger partial charge in [0.05, 0.1) is 7.11 Å². The van der Waals surface area contributed by atoms with Crippen molar-refractivity contribution >= 4 is 35.6 Å². The minimum absolute atomic E-state index is 0.123. The highest BCUT2D eigenvalue weighted by Crippen LogP contribution is 2.13. The van der Waals surface area contributed by atoms with Gasteiger partial charge in [-0.2, -0.15) is 11.8 Å². The van der Waals surface area contributed by atoms with Crippen molar-refractivity contribution in [2.75, 3.05) is 19.1 Å². The Bertz CT molecular complexity index is 813. The number of hydrogen-bond donors (Lipinski definition) is 2. The molecule has 1 rings (SSSR count). The second-order valence-corrected chi connectivity index (χ2v) is 9.68. The molecule has 1 aromatic rings. The number of nitrogens with zero attached hydrogens (tertiary/aromatic N) is 1. The van der Waals surface area contributed by atoms with E-state index in [9.17, 15) is 19.2 Å². The number of thioether (sulfide) groups is 1. The van der Waals surface area contributed by atoms with Crippen LogP contribution in [-0.2, 0) is 30.3 Å². The minimum atomic E-state index is -1.07. The average Bonchev–Trinajstić information content (AvgIpc) is 2.77. The highest BCUT2D eigenvalue weighted by atomic mass is 32.2. The zero-order valence-electron chi connectivity index (χ0n) is 20.9. The van der Waals surface area contributed by atoms with Crippen molar-refractivity contribution < 1.29 is 28.7 Å². The van der Waals surface area contributed by atoms with Gasteiger partial charge >= 0.3 is 12.1 Å². The number of rotatable bonds is 11. The Hall–Kier alpha value is -2.75. The van der Waals surface area contributed by atoms with Crippen LogP contribution in [0, 0.1) is 0 Å². The Morgan fingerprint density at radius 1 is 1.12 bits per heavy atom. The van der Waals surface area contributed by atoms with Gasteiger partial charge in [0.25, 0.3) is 5.91 Å². The molecule has 1 aromatic carbocycles. The van der Waals surface area contributed by atoms with Gasteiger partial charge in [0.1, 0.15) is 11.6 Å². The molecule has 190 valence electrons.